The molecular weight excluding hydrogens is 310 g/mol. The van der Waals surface area contributed by atoms with Crippen molar-refractivity contribution in [2.45, 2.75) is 55.7 Å². The fourth-order valence-electron chi connectivity index (χ4n) is 3.63. The number of methoxy groups -OCH3 is 1. The number of rotatable bonds is 3. The van der Waals surface area contributed by atoms with E-state index >= 15 is 0 Å². The summed E-state index contributed by atoms with van der Waals surface area (Å²) < 4.78 is 33.2. The summed E-state index contributed by atoms with van der Waals surface area (Å²) in [5, 5.41) is 0.457. The highest BCUT2D eigenvalue weighted by atomic mass is 35.5. The Bertz CT molecular complexity index is 632. The zero-order valence-corrected chi connectivity index (χ0v) is 13.8. The van der Waals surface area contributed by atoms with Crippen LogP contribution in [0.4, 0.5) is 0 Å². The second-order valence-electron chi connectivity index (χ2n) is 5.96. The molecule has 0 saturated carbocycles. The monoisotopic (exact) mass is 329 g/mol. The van der Waals surface area contributed by atoms with Crippen molar-refractivity contribution in [3.63, 3.8) is 0 Å². The molecule has 0 radical (unpaired) electrons. The highest BCUT2D eigenvalue weighted by molar-refractivity contribution is 7.89. The maximum Gasteiger partial charge on any atom is 0.243 e. The predicted octanol–water partition coefficient (Wildman–Crippen LogP) is 2.98. The number of sulfonamides is 1. The Kier molecular flexibility index (Phi) is 4.03. The van der Waals surface area contributed by atoms with Crippen molar-refractivity contribution in [1.29, 1.82) is 0 Å². The van der Waals surface area contributed by atoms with Gasteiger partial charge in [0.2, 0.25) is 10.0 Å². The van der Waals surface area contributed by atoms with Crippen LogP contribution in [0.15, 0.2) is 23.1 Å². The van der Waals surface area contributed by atoms with Crippen LogP contribution >= 0.6 is 11.6 Å². The van der Waals surface area contributed by atoms with Crippen LogP contribution in [0.25, 0.3) is 0 Å². The largest absolute Gasteiger partial charge is 0.381 e. The minimum Gasteiger partial charge on any atom is -0.381 e. The van der Waals surface area contributed by atoms with Crippen LogP contribution in [0.1, 0.15) is 31.2 Å². The van der Waals surface area contributed by atoms with Gasteiger partial charge in [-0.1, -0.05) is 17.7 Å². The summed E-state index contributed by atoms with van der Waals surface area (Å²) in [6.07, 6.45) is 3.58. The number of nitrogens with zero attached hydrogens (tertiary/aromatic N) is 1. The average Bonchev–Trinajstić information content (AvgIpc) is 2.73. The topological polar surface area (TPSA) is 46.6 Å². The van der Waals surface area contributed by atoms with Crippen LogP contribution in [-0.4, -0.2) is 38.0 Å². The van der Waals surface area contributed by atoms with Gasteiger partial charge in [0.05, 0.1) is 11.0 Å². The lowest BCUT2D eigenvalue weighted by molar-refractivity contribution is 0.0349. The van der Waals surface area contributed by atoms with Gasteiger partial charge in [-0.2, -0.15) is 4.31 Å². The van der Waals surface area contributed by atoms with E-state index in [0.717, 1.165) is 31.2 Å². The van der Waals surface area contributed by atoms with E-state index < -0.39 is 10.0 Å². The third-order valence-electron chi connectivity index (χ3n) is 4.66. The average molecular weight is 330 g/mol. The molecule has 2 saturated heterocycles. The molecule has 0 N–H and O–H groups in total. The maximum atomic E-state index is 13.0. The molecule has 1 aromatic rings. The van der Waals surface area contributed by atoms with Gasteiger partial charge < -0.3 is 4.74 Å². The number of fused-ring (bicyclic) bond motifs is 2. The van der Waals surface area contributed by atoms with E-state index in [0.29, 0.717) is 9.92 Å². The van der Waals surface area contributed by atoms with Gasteiger partial charge in [0.25, 0.3) is 0 Å². The zero-order chi connectivity index (χ0) is 15.2. The molecule has 0 amide bonds. The maximum absolute atomic E-state index is 13.0. The molecule has 2 heterocycles. The second kappa shape index (κ2) is 5.54. The highest BCUT2D eigenvalue weighted by Crippen LogP contribution is 2.41. The Balaban J connectivity index is 1.98. The van der Waals surface area contributed by atoms with Crippen LogP contribution < -0.4 is 0 Å². The summed E-state index contributed by atoms with van der Waals surface area (Å²) in [6, 6.07) is 5.16. The fourth-order valence-corrected chi connectivity index (χ4v) is 6.02. The van der Waals surface area contributed by atoms with Crippen LogP contribution in [0.3, 0.4) is 0 Å². The molecule has 2 unspecified atom stereocenters. The van der Waals surface area contributed by atoms with E-state index in [2.05, 4.69) is 0 Å². The number of benzene rings is 1. The van der Waals surface area contributed by atoms with Crippen molar-refractivity contribution in [2.75, 3.05) is 7.11 Å². The van der Waals surface area contributed by atoms with Crippen LogP contribution in [0.2, 0.25) is 5.02 Å². The van der Waals surface area contributed by atoms with E-state index in [1.165, 1.54) is 0 Å². The Morgan fingerprint density at radius 2 is 1.86 bits per heavy atom. The van der Waals surface area contributed by atoms with Crippen molar-refractivity contribution in [1.82, 2.24) is 4.31 Å². The first-order chi connectivity index (χ1) is 9.93. The third-order valence-corrected chi connectivity index (χ3v) is 7.04. The van der Waals surface area contributed by atoms with Crippen molar-refractivity contribution in [3.8, 4) is 0 Å². The molecular formula is C15H20ClNO3S. The number of piperidine rings is 1. The van der Waals surface area contributed by atoms with Gasteiger partial charge in [0, 0.05) is 24.2 Å². The normalized spacial score (nSPS) is 29.8. The van der Waals surface area contributed by atoms with E-state index in [4.69, 9.17) is 16.3 Å². The molecule has 2 bridgehead atoms. The van der Waals surface area contributed by atoms with Crippen molar-refractivity contribution in [2.24, 2.45) is 0 Å². The first kappa shape index (κ1) is 15.3. The molecule has 2 aliphatic heterocycles. The fraction of sp³-hybridized carbons (Fsp3) is 0.600. The van der Waals surface area contributed by atoms with Crippen molar-refractivity contribution in [3.05, 3.63) is 28.8 Å². The number of ether oxygens (including phenoxy) is 1. The molecule has 4 nitrogen and oxygen atoms in total. The lowest BCUT2D eigenvalue weighted by atomic mass is 10.0. The summed E-state index contributed by atoms with van der Waals surface area (Å²) in [5.74, 6) is 0. The SMILES string of the molecule is COC1CC2CCC(C1)N2S(=O)(=O)c1cc(Cl)ccc1C. The Hall–Kier alpha value is -0.620. The van der Waals surface area contributed by atoms with Gasteiger partial charge in [-0.3, -0.25) is 0 Å². The van der Waals surface area contributed by atoms with E-state index in [1.807, 2.05) is 6.92 Å². The summed E-state index contributed by atoms with van der Waals surface area (Å²) in [7, 11) is -1.79. The van der Waals surface area contributed by atoms with Gasteiger partial charge in [0.1, 0.15) is 0 Å². The number of hydrogen-bond donors (Lipinski definition) is 0. The number of halogens is 1. The molecule has 116 valence electrons. The minimum absolute atomic E-state index is 0.0529. The summed E-state index contributed by atoms with van der Waals surface area (Å²) in [6.45, 7) is 1.81. The quantitative estimate of drug-likeness (QED) is 0.856. The van der Waals surface area contributed by atoms with Gasteiger partial charge in [-0.05, 0) is 50.3 Å². The van der Waals surface area contributed by atoms with Gasteiger partial charge in [-0.25, -0.2) is 8.42 Å². The second-order valence-corrected chi connectivity index (χ2v) is 8.21. The lowest BCUT2D eigenvalue weighted by Crippen LogP contribution is -2.48. The van der Waals surface area contributed by atoms with Crippen LogP contribution in [-0.2, 0) is 14.8 Å². The van der Waals surface area contributed by atoms with Crippen molar-refractivity contribution >= 4 is 21.6 Å². The summed E-state index contributed by atoms with van der Waals surface area (Å²) in [4.78, 5) is 0.336. The van der Waals surface area contributed by atoms with E-state index in [-0.39, 0.29) is 18.2 Å². The Morgan fingerprint density at radius 3 is 2.43 bits per heavy atom. The molecule has 2 fully saturated rings. The number of hydrogen-bond acceptors (Lipinski definition) is 3. The van der Waals surface area contributed by atoms with Gasteiger partial charge >= 0.3 is 0 Å². The minimum atomic E-state index is -3.49. The smallest absolute Gasteiger partial charge is 0.243 e. The summed E-state index contributed by atoms with van der Waals surface area (Å²) >= 11 is 5.99. The molecule has 6 heteroatoms. The van der Waals surface area contributed by atoms with Crippen molar-refractivity contribution < 1.29 is 13.2 Å². The molecule has 2 atom stereocenters. The zero-order valence-electron chi connectivity index (χ0n) is 12.3. The molecule has 1 aromatic carbocycles. The molecule has 3 rings (SSSR count). The lowest BCUT2D eigenvalue weighted by Gasteiger charge is -2.37. The molecule has 21 heavy (non-hydrogen) atoms. The van der Waals surface area contributed by atoms with E-state index in [9.17, 15) is 8.42 Å². The van der Waals surface area contributed by atoms with Gasteiger partial charge in [-0.15, -0.1) is 0 Å². The molecule has 0 spiro atoms. The first-order valence-corrected chi connectivity index (χ1v) is 9.07. The predicted molar refractivity (Wildman–Crippen MR) is 82.1 cm³/mol. The van der Waals surface area contributed by atoms with E-state index in [1.54, 1.807) is 29.6 Å². The van der Waals surface area contributed by atoms with Crippen LogP contribution in [0, 0.1) is 6.92 Å². The highest BCUT2D eigenvalue weighted by Gasteiger charge is 2.47. The Morgan fingerprint density at radius 1 is 1.24 bits per heavy atom. The Labute approximate surface area is 131 Å². The van der Waals surface area contributed by atoms with Crippen LogP contribution in [0.5, 0.6) is 0 Å². The first-order valence-electron chi connectivity index (χ1n) is 7.26. The number of aryl methyl sites for hydroxylation is 1. The molecule has 2 aliphatic rings. The van der Waals surface area contributed by atoms with Gasteiger partial charge in [0.15, 0.2) is 0 Å². The standard InChI is InChI=1S/C15H20ClNO3S/c1-10-3-4-11(16)7-15(10)21(18,19)17-12-5-6-13(17)9-14(8-12)20-2/h3-4,7,12-14H,5-6,8-9H2,1-2H3. The molecule has 0 aromatic heterocycles. The summed E-state index contributed by atoms with van der Waals surface area (Å²) in [5.41, 5.74) is 0.743. The molecule has 0 aliphatic carbocycles. The third kappa shape index (κ3) is 2.61.